The number of benzene rings is 1. The molecule has 0 spiro atoms. The number of nitrogens with one attached hydrogen (secondary N) is 2. The van der Waals surface area contributed by atoms with Crippen molar-refractivity contribution < 1.29 is 19.1 Å². The first-order valence-corrected chi connectivity index (χ1v) is 9.97. The summed E-state index contributed by atoms with van der Waals surface area (Å²) in [5, 5.41) is 9.07. The largest absolute Gasteiger partial charge is 0.462 e. The molecule has 28 heavy (non-hydrogen) atoms. The number of para-hydroxylation sites is 1. The average molecular weight is 404 g/mol. The van der Waals surface area contributed by atoms with Crippen molar-refractivity contribution in [2.75, 3.05) is 23.0 Å². The Bertz CT molecular complexity index is 823. The van der Waals surface area contributed by atoms with Crippen LogP contribution in [0.3, 0.4) is 0 Å². The van der Waals surface area contributed by atoms with Gasteiger partial charge in [0.05, 0.1) is 23.8 Å². The summed E-state index contributed by atoms with van der Waals surface area (Å²) in [6.07, 6.45) is 1.89. The first kappa shape index (κ1) is 21.5. The lowest BCUT2D eigenvalue weighted by Crippen LogP contribution is -2.28. The predicted octanol–water partition coefficient (Wildman–Crippen LogP) is 2.69. The quantitative estimate of drug-likeness (QED) is 0.623. The van der Waals surface area contributed by atoms with E-state index in [2.05, 4.69) is 15.7 Å². The molecule has 150 valence electrons. The highest BCUT2D eigenvalue weighted by Crippen LogP contribution is 2.20. The maximum Gasteiger partial charge on any atom is 0.343 e. The van der Waals surface area contributed by atoms with E-state index in [0.717, 1.165) is 0 Å². The molecule has 1 aromatic heterocycles. The van der Waals surface area contributed by atoms with Gasteiger partial charge in [0, 0.05) is 12.7 Å². The lowest BCUT2D eigenvalue weighted by molar-refractivity contribution is -0.115. The number of ether oxygens (including phenoxy) is 1. The Labute approximate surface area is 168 Å². The molecule has 0 saturated carbocycles. The Morgan fingerprint density at radius 3 is 2.54 bits per heavy atom. The summed E-state index contributed by atoms with van der Waals surface area (Å²) in [5.41, 5.74) is 0.902. The van der Waals surface area contributed by atoms with Crippen LogP contribution in [0.1, 0.15) is 30.6 Å². The van der Waals surface area contributed by atoms with Gasteiger partial charge in [-0.15, -0.1) is 11.8 Å². The molecule has 0 aliphatic heterocycles. The molecule has 1 unspecified atom stereocenters. The lowest BCUT2D eigenvalue weighted by Gasteiger charge is -2.15. The fraction of sp³-hybridized carbons (Fsp3) is 0.368. The van der Waals surface area contributed by atoms with E-state index in [-0.39, 0.29) is 35.6 Å². The summed E-state index contributed by atoms with van der Waals surface area (Å²) >= 11 is 1.24. The van der Waals surface area contributed by atoms with E-state index in [1.807, 2.05) is 25.1 Å². The molecular weight excluding hydrogens is 380 g/mol. The van der Waals surface area contributed by atoms with Crippen molar-refractivity contribution in [1.29, 1.82) is 0 Å². The highest BCUT2D eigenvalue weighted by molar-refractivity contribution is 8.01. The molecule has 2 amide bonds. The van der Waals surface area contributed by atoms with Gasteiger partial charge in [0.25, 0.3) is 0 Å². The van der Waals surface area contributed by atoms with E-state index in [9.17, 15) is 14.4 Å². The third-order valence-electron chi connectivity index (χ3n) is 3.81. The van der Waals surface area contributed by atoms with Crippen LogP contribution in [0.25, 0.3) is 0 Å². The summed E-state index contributed by atoms with van der Waals surface area (Å²) in [6, 6.07) is 9.13. The minimum absolute atomic E-state index is 0.136. The molecular formula is C19H24N4O4S. The topological polar surface area (TPSA) is 102 Å². The smallest absolute Gasteiger partial charge is 0.343 e. The predicted molar refractivity (Wildman–Crippen MR) is 109 cm³/mol. The van der Waals surface area contributed by atoms with Gasteiger partial charge in [-0.05, 0) is 25.5 Å². The Morgan fingerprint density at radius 2 is 1.89 bits per heavy atom. The highest BCUT2D eigenvalue weighted by atomic mass is 32.2. The SMILES string of the molecule is CCOC(=O)c1cnn(C)c1NC(=O)C(CC)SCC(=O)Nc1ccccc1. The zero-order chi connectivity index (χ0) is 20.5. The number of amides is 2. The second kappa shape index (κ2) is 10.5. The van der Waals surface area contributed by atoms with Gasteiger partial charge < -0.3 is 15.4 Å². The van der Waals surface area contributed by atoms with Gasteiger partial charge in [0.2, 0.25) is 11.8 Å². The molecule has 1 atom stereocenters. The third-order valence-corrected chi connectivity index (χ3v) is 5.19. The number of thioether (sulfide) groups is 1. The molecule has 9 heteroatoms. The van der Waals surface area contributed by atoms with E-state index in [1.165, 1.54) is 22.6 Å². The second-order valence-electron chi connectivity index (χ2n) is 5.86. The van der Waals surface area contributed by atoms with Crippen molar-refractivity contribution in [2.45, 2.75) is 25.5 Å². The number of anilines is 2. The average Bonchev–Trinajstić information content (AvgIpc) is 3.04. The molecule has 1 aromatic carbocycles. The Morgan fingerprint density at radius 1 is 1.18 bits per heavy atom. The minimum atomic E-state index is -0.547. The van der Waals surface area contributed by atoms with Crippen molar-refractivity contribution >= 4 is 41.1 Å². The Balaban J connectivity index is 1.96. The van der Waals surface area contributed by atoms with Gasteiger partial charge in [0.15, 0.2) is 0 Å². The number of carbonyl (C=O) groups excluding carboxylic acids is 3. The van der Waals surface area contributed by atoms with Crippen LogP contribution in [0.2, 0.25) is 0 Å². The number of nitrogens with zero attached hydrogens (tertiary/aromatic N) is 2. The Hall–Kier alpha value is -2.81. The van der Waals surface area contributed by atoms with Crippen LogP contribution in [0.5, 0.6) is 0 Å². The minimum Gasteiger partial charge on any atom is -0.462 e. The first-order chi connectivity index (χ1) is 13.5. The molecule has 1 heterocycles. The van der Waals surface area contributed by atoms with Gasteiger partial charge in [-0.1, -0.05) is 25.1 Å². The van der Waals surface area contributed by atoms with Gasteiger partial charge in [-0.25, -0.2) is 4.79 Å². The summed E-state index contributed by atoms with van der Waals surface area (Å²) in [6.45, 7) is 3.80. The second-order valence-corrected chi connectivity index (χ2v) is 7.05. The highest BCUT2D eigenvalue weighted by Gasteiger charge is 2.24. The number of esters is 1. The first-order valence-electron chi connectivity index (χ1n) is 8.92. The fourth-order valence-corrected chi connectivity index (χ4v) is 3.29. The van der Waals surface area contributed by atoms with Crippen LogP contribution < -0.4 is 10.6 Å². The van der Waals surface area contributed by atoms with Crippen LogP contribution >= 0.6 is 11.8 Å². The molecule has 0 bridgehead atoms. The summed E-state index contributed by atoms with van der Waals surface area (Å²) in [5.74, 6) is -0.619. The lowest BCUT2D eigenvalue weighted by atomic mass is 10.3. The molecule has 0 saturated heterocycles. The summed E-state index contributed by atoms with van der Waals surface area (Å²) in [4.78, 5) is 36.7. The van der Waals surface area contributed by atoms with Crippen molar-refractivity contribution in [3.05, 3.63) is 42.1 Å². The van der Waals surface area contributed by atoms with E-state index in [1.54, 1.807) is 26.1 Å². The molecule has 0 aliphatic rings. The molecule has 2 rings (SSSR count). The van der Waals surface area contributed by atoms with Crippen molar-refractivity contribution in [3.8, 4) is 0 Å². The molecule has 0 radical (unpaired) electrons. The molecule has 2 aromatic rings. The van der Waals surface area contributed by atoms with Crippen LogP contribution in [0.15, 0.2) is 36.5 Å². The van der Waals surface area contributed by atoms with Crippen molar-refractivity contribution in [2.24, 2.45) is 7.05 Å². The van der Waals surface area contributed by atoms with Gasteiger partial charge in [-0.2, -0.15) is 5.10 Å². The zero-order valence-electron chi connectivity index (χ0n) is 16.1. The van der Waals surface area contributed by atoms with E-state index in [4.69, 9.17) is 4.74 Å². The summed E-state index contributed by atoms with van der Waals surface area (Å²) < 4.78 is 6.39. The fourth-order valence-electron chi connectivity index (χ4n) is 2.41. The van der Waals surface area contributed by atoms with Crippen molar-refractivity contribution in [3.63, 3.8) is 0 Å². The number of aromatic nitrogens is 2. The van der Waals surface area contributed by atoms with Crippen molar-refractivity contribution in [1.82, 2.24) is 9.78 Å². The van der Waals surface area contributed by atoms with Gasteiger partial charge in [-0.3, -0.25) is 14.3 Å². The number of rotatable bonds is 9. The number of aryl methyl sites for hydroxylation is 1. The van der Waals surface area contributed by atoms with Crippen LogP contribution in [-0.2, 0) is 21.4 Å². The van der Waals surface area contributed by atoms with E-state index in [0.29, 0.717) is 12.1 Å². The summed E-state index contributed by atoms with van der Waals surface area (Å²) in [7, 11) is 1.62. The van der Waals surface area contributed by atoms with E-state index >= 15 is 0 Å². The van der Waals surface area contributed by atoms with Crippen LogP contribution in [-0.4, -0.2) is 45.2 Å². The number of hydrogen-bond donors (Lipinski definition) is 2. The van der Waals surface area contributed by atoms with Crippen LogP contribution in [0, 0.1) is 0 Å². The zero-order valence-corrected chi connectivity index (χ0v) is 16.9. The standard InChI is InChI=1S/C19H24N4O4S/c1-4-15(28-12-16(24)21-13-9-7-6-8-10-13)18(25)22-17-14(11-20-23(17)3)19(26)27-5-2/h6-11,15H,4-5,12H2,1-3H3,(H,21,24)(H,22,25). The normalized spacial score (nSPS) is 11.5. The van der Waals surface area contributed by atoms with Gasteiger partial charge >= 0.3 is 5.97 Å². The molecule has 0 fully saturated rings. The van der Waals surface area contributed by atoms with E-state index < -0.39 is 11.2 Å². The number of hydrogen-bond acceptors (Lipinski definition) is 6. The molecule has 2 N–H and O–H groups in total. The Kier molecular flexibility index (Phi) is 8.06. The third kappa shape index (κ3) is 5.85. The van der Waals surface area contributed by atoms with Crippen LogP contribution in [0.4, 0.5) is 11.5 Å². The van der Waals surface area contributed by atoms with Gasteiger partial charge in [0.1, 0.15) is 11.4 Å². The molecule has 0 aliphatic carbocycles. The monoisotopic (exact) mass is 404 g/mol. The molecule has 8 nitrogen and oxygen atoms in total. The number of carbonyl (C=O) groups is 3. The maximum absolute atomic E-state index is 12.6. The maximum atomic E-state index is 12.6.